The molecule has 2 aromatic rings. The van der Waals surface area contributed by atoms with Gasteiger partial charge in [-0.25, -0.2) is 0 Å². The molecule has 1 amide bonds. The van der Waals surface area contributed by atoms with Crippen LogP contribution in [0.2, 0.25) is 0 Å². The van der Waals surface area contributed by atoms with Gasteiger partial charge in [0.25, 0.3) is 5.91 Å². The van der Waals surface area contributed by atoms with E-state index in [0.717, 1.165) is 16.8 Å². The molecular formula is C15H17N3O. The summed E-state index contributed by atoms with van der Waals surface area (Å²) in [6.45, 7) is 3.91. The fourth-order valence-corrected chi connectivity index (χ4v) is 2.00. The number of aryl methyl sites for hydroxylation is 2. The molecule has 4 nitrogen and oxygen atoms in total. The molecule has 98 valence electrons. The minimum Gasteiger partial charge on any atom is -0.399 e. The van der Waals surface area contributed by atoms with Crippen molar-refractivity contribution in [1.29, 1.82) is 0 Å². The summed E-state index contributed by atoms with van der Waals surface area (Å²) in [6.07, 6.45) is 0. The topological polar surface area (TPSA) is 81.1 Å². The molecule has 0 aliphatic rings. The van der Waals surface area contributed by atoms with E-state index in [1.165, 1.54) is 0 Å². The third kappa shape index (κ3) is 2.85. The maximum absolute atomic E-state index is 12.2. The van der Waals surface area contributed by atoms with Crippen molar-refractivity contribution in [3.63, 3.8) is 0 Å². The Labute approximate surface area is 112 Å². The molecular weight excluding hydrogens is 238 g/mol. The van der Waals surface area contributed by atoms with Crippen molar-refractivity contribution in [3.8, 4) is 0 Å². The summed E-state index contributed by atoms with van der Waals surface area (Å²) >= 11 is 0. The molecule has 0 spiro atoms. The van der Waals surface area contributed by atoms with E-state index in [4.69, 9.17) is 11.5 Å². The van der Waals surface area contributed by atoms with E-state index >= 15 is 0 Å². The summed E-state index contributed by atoms with van der Waals surface area (Å²) < 4.78 is 0. The van der Waals surface area contributed by atoms with E-state index < -0.39 is 0 Å². The molecule has 2 rings (SSSR count). The van der Waals surface area contributed by atoms with Crippen LogP contribution in [0.1, 0.15) is 21.5 Å². The second-order valence-corrected chi connectivity index (χ2v) is 4.61. The van der Waals surface area contributed by atoms with Gasteiger partial charge in [-0.3, -0.25) is 4.79 Å². The predicted molar refractivity (Wildman–Crippen MR) is 79.1 cm³/mol. The number of para-hydroxylation sites is 1. The van der Waals surface area contributed by atoms with Gasteiger partial charge in [-0.15, -0.1) is 0 Å². The van der Waals surface area contributed by atoms with Crippen LogP contribution in [-0.4, -0.2) is 5.91 Å². The zero-order valence-electron chi connectivity index (χ0n) is 11.0. The Hall–Kier alpha value is -2.49. The average Bonchev–Trinajstić information content (AvgIpc) is 2.32. The lowest BCUT2D eigenvalue weighted by atomic mass is 10.1. The standard InChI is InChI=1S/C15H17N3O/c1-9-4-3-5-10(2)14(9)18-15(19)11-6-12(16)8-13(17)7-11/h3-8H,16-17H2,1-2H3,(H,18,19). The molecule has 0 saturated carbocycles. The summed E-state index contributed by atoms with van der Waals surface area (Å²) in [4.78, 5) is 12.2. The van der Waals surface area contributed by atoms with Crippen molar-refractivity contribution >= 4 is 23.0 Å². The predicted octanol–water partition coefficient (Wildman–Crippen LogP) is 2.72. The van der Waals surface area contributed by atoms with Gasteiger partial charge in [-0.2, -0.15) is 0 Å². The van der Waals surface area contributed by atoms with E-state index in [-0.39, 0.29) is 5.91 Å². The second-order valence-electron chi connectivity index (χ2n) is 4.61. The molecule has 0 bridgehead atoms. The third-order valence-electron chi connectivity index (χ3n) is 2.96. The number of carbonyl (C=O) groups excluding carboxylic acids is 1. The Bertz CT molecular complexity index is 595. The first kappa shape index (κ1) is 13.0. The lowest BCUT2D eigenvalue weighted by Crippen LogP contribution is -2.14. The summed E-state index contributed by atoms with van der Waals surface area (Å²) in [6, 6.07) is 10.7. The number of carbonyl (C=O) groups is 1. The maximum atomic E-state index is 12.2. The number of nitrogens with one attached hydrogen (secondary N) is 1. The highest BCUT2D eigenvalue weighted by molar-refractivity contribution is 6.06. The fraction of sp³-hybridized carbons (Fsp3) is 0.133. The molecule has 5 N–H and O–H groups in total. The van der Waals surface area contributed by atoms with Crippen molar-refractivity contribution in [2.24, 2.45) is 0 Å². The van der Waals surface area contributed by atoms with Gasteiger partial charge in [0.15, 0.2) is 0 Å². The minimum absolute atomic E-state index is 0.212. The molecule has 19 heavy (non-hydrogen) atoms. The molecule has 0 radical (unpaired) electrons. The van der Waals surface area contributed by atoms with E-state index in [1.807, 2.05) is 32.0 Å². The normalized spacial score (nSPS) is 10.2. The van der Waals surface area contributed by atoms with Gasteiger partial charge in [0, 0.05) is 22.6 Å². The van der Waals surface area contributed by atoms with Crippen LogP contribution in [0.5, 0.6) is 0 Å². The van der Waals surface area contributed by atoms with Gasteiger partial charge in [0.2, 0.25) is 0 Å². The molecule has 0 unspecified atom stereocenters. The minimum atomic E-state index is -0.212. The van der Waals surface area contributed by atoms with Crippen molar-refractivity contribution in [1.82, 2.24) is 0 Å². The number of anilines is 3. The van der Waals surface area contributed by atoms with Gasteiger partial charge in [-0.1, -0.05) is 18.2 Å². The Kier molecular flexibility index (Phi) is 3.42. The van der Waals surface area contributed by atoms with Crippen LogP contribution < -0.4 is 16.8 Å². The van der Waals surface area contributed by atoms with Crippen LogP contribution in [0, 0.1) is 13.8 Å². The van der Waals surface area contributed by atoms with Crippen LogP contribution in [0.25, 0.3) is 0 Å². The number of benzene rings is 2. The Morgan fingerprint density at radius 1 is 1.00 bits per heavy atom. The van der Waals surface area contributed by atoms with Gasteiger partial charge in [0.05, 0.1) is 0 Å². The Balaban J connectivity index is 2.31. The first-order valence-electron chi connectivity index (χ1n) is 6.01. The van der Waals surface area contributed by atoms with Crippen molar-refractivity contribution in [2.75, 3.05) is 16.8 Å². The summed E-state index contributed by atoms with van der Waals surface area (Å²) in [7, 11) is 0. The first-order valence-corrected chi connectivity index (χ1v) is 6.01. The molecule has 0 saturated heterocycles. The molecule has 4 heteroatoms. The number of hydrogen-bond acceptors (Lipinski definition) is 3. The summed E-state index contributed by atoms with van der Waals surface area (Å²) in [5, 5.41) is 2.90. The first-order chi connectivity index (χ1) is 8.97. The van der Waals surface area contributed by atoms with Crippen LogP contribution >= 0.6 is 0 Å². The van der Waals surface area contributed by atoms with Crippen LogP contribution in [0.15, 0.2) is 36.4 Å². The van der Waals surface area contributed by atoms with Crippen LogP contribution in [0.4, 0.5) is 17.1 Å². The molecule has 0 aliphatic carbocycles. The van der Waals surface area contributed by atoms with Crippen molar-refractivity contribution in [3.05, 3.63) is 53.1 Å². The largest absolute Gasteiger partial charge is 0.399 e. The number of nitrogens with two attached hydrogens (primary N) is 2. The molecule has 0 heterocycles. The number of amides is 1. The summed E-state index contributed by atoms with van der Waals surface area (Å²) in [5.74, 6) is -0.212. The molecule has 0 atom stereocenters. The van der Waals surface area contributed by atoms with E-state index in [1.54, 1.807) is 18.2 Å². The zero-order chi connectivity index (χ0) is 14.0. The smallest absolute Gasteiger partial charge is 0.255 e. The van der Waals surface area contributed by atoms with Crippen LogP contribution in [-0.2, 0) is 0 Å². The molecule has 2 aromatic carbocycles. The molecule has 0 fully saturated rings. The highest BCUT2D eigenvalue weighted by Crippen LogP contribution is 2.21. The van der Waals surface area contributed by atoms with Gasteiger partial charge >= 0.3 is 0 Å². The van der Waals surface area contributed by atoms with Gasteiger partial charge in [0.1, 0.15) is 0 Å². The Morgan fingerprint density at radius 3 is 2.05 bits per heavy atom. The van der Waals surface area contributed by atoms with Gasteiger partial charge < -0.3 is 16.8 Å². The quantitative estimate of drug-likeness (QED) is 0.722. The van der Waals surface area contributed by atoms with Gasteiger partial charge in [-0.05, 0) is 43.2 Å². The highest BCUT2D eigenvalue weighted by Gasteiger charge is 2.10. The number of hydrogen-bond donors (Lipinski definition) is 3. The zero-order valence-corrected chi connectivity index (χ0v) is 11.0. The maximum Gasteiger partial charge on any atom is 0.255 e. The van der Waals surface area contributed by atoms with Crippen LogP contribution in [0.3, 0.4) is 0 Å². The Morgan fingerprint density at radius 2 is 1.53 bits per heavy atom. The third-order valence-corrected chi connectivity index (χ3v) is 2.96. The van der Waals surface area contributed by atoms with Crippen molar-refractivity contribution < 1.29 is 4.79 Å². The highest BCUT2D eigenvalue weighted by atomic mass is 16.1. The van der Waals surface area contributed by atoms with E-state index in [0.29, 0.717) is 16.9 Å². The lowest BCUT2D eigenvalue weighted by molar-refractivity contribution is 0.102. The fourth-order valence-electron chi connectivity index (χ4n) is 2.00. The molecule has 0 aromatic heterocycles. The van der Waals surface area contributed by atoms with E-state index in [2.05, 4.69) is 5.32 Å². The van der Waals surface area contributed by atoms with Crippen molar-refractivity contribution in [2.45, 2.75) is 13.8 Å². The monoisotopic (exact) mass is 255 g/mol. The second kappa shape index (κ2) is 5.02. The average molecular weight is 255 g/mol. The number of rotatable bonds is 2. The SMILES string of the molecule is Cc1cccc(C)c1NC(=O)c1cc(N)cc(N)c1. The lowest BCUT2D eigenvalue weighted by Gasteiger charge is -2.12. The van der Waals surface area contributed by atoms with E-state index in [9.17, 15) is 4.79 Å². The number of nitrogen functional groups attached to an aromatic ring is 2. The summed E-state index contributed by atoms with van der Waals surface area (Å²) in [5.41, 5.74) is 15.7. The molecule has 0 aliphatic heterocycles.